The lowest BCUT2D eigenvalue weighted by molar-refractivity contribution is 0.190. The molecule has 0 atom stereocenters. The number of amides is 1. The Labute approximate surface area is 129 Å². The van der Waals surface area contributed by atoms with Crippen molar-refractivity contribution in [2.75, 3.05) is 0 Å². The minimum Gasteiger partial charge on any atom is -0.406 e. The zero-order valence-corrected chi connectivity index (χ0v) is 12.8. The van der Waals surface area contributed by atoms with E-state index in [1.54, 1.807) is 0 Å². The Bertz CT molecular complexity index is 651. The van der Waals surface area contributed by atoms with Crippen LogP contribution < -0.4 is 10.1 Å². The fraction of sp³-hybridized carbons (Fsp3) is 0.312. The van der Waals surface area contributed by atoms with Gasteiger partial charge >= 0.3 is 6.09 Å². The average molecular weight is 301 g/mol. The van der Waals surface area contributed by atoms with Crippen molar-refractivity contribution >= 4 is 6.09 Å². The maximum Gasteiger partial charge on any atom is 0.413 e. The molecule has 1 amide bonds. The molecule has 0 saturated heterocycles. The van der Waals surface area contributed by atoms with Gasteiger partial charge in [0.1, 0.15) is 12.3 Å². The van der Waals surface area contributed by atoms with Crippen LogP contribution in [0, 0.1) is 0 Å². The summed E-state index contributed by atoms with van der Waals surface area (Å²) in [5.41, 5.74) is 0.831. The van der Waals surface area contributed by atoms with Gasteiger partial charge in [-0.15, -0.1) is 0 Å². The molecule has 2 N–H and O–H groups in total. The quantitative estimate of drug-likeness (QED) is 0.910. The molecule has 6 nitrogen and oxygen atoms in total. The van der Waals surface area contributed by atoms with Gasteiger partial charge < -0.3 is 15.2 Å². The molecule has 116 valence electrons. The number of rotatable bonds is 3. The topological polar surface area (TPSA) is 84.3 Å². The van der Waals surface area contributed by atoms with E-state index in [-0.39, 0.29) is 18.2 Å². The lowest BCUT2D eigenvalue weighted by atomic mass is 10.1. The van der Waals surface area contributed by atoms with Crippen LogP contribution in [0.2, 0.25) is 0 Å². The Kier molecular flexibility index (Phi) is 4.72. The molecular weight excluding hydrogens is 282 g/mol. The zero-order valence-electron chi connectivity index (χ0n) is 12.8. The predicted octanol–water partition coefficient (Wildman–Crippen LogP) is 2.52. The average Bonchev–Trinajstić information content (AvgIpc) is 2.46. The van der Waals surface area contributed by atoms with E-state index in [9.17, 15) is 9.90 Å². The van der Waals surface area contributed by atoms with E-state index in [0.717, 1.165) is 5.56 Å². The van der Waals surface area contributed by atoms with Gasteiger partial charge in [0.25, 0.3) is 0 Å². The molecule has 0 spiro atoms. The van der Waals surface area contributed by atoms with Gasteiger partial charge in [-0.05, 0) is 20.8 Å². The molecule has 0 fully saturated rings. The van der Waals surface area contributed by atoms with Crippen molar-refractivity contribution < 1.29 is 14.6 Å². The molecular formula is C16H19N3O3. The van der Waals surface area contributed by atoms with Gasteiger partial charge in [0.2, 0.25) is 0 Å². The second-order valence-corrected chi connectivity index (χ2v) is 5.79. The third kappa shape index (κ3) is 4.26. The van der Waals surface area contributed by atoms with Crippen molar-refractivity contribution in [2.24, 2.45) is 0 Å². The molecule has 0 aliphatic carbocycles. The second kappa shape index (κ2) is 6.53. The lowest BCUT2D eigenvalue weighted by Gasteiger charge is -2.20. The van der Waals surface area contributed by atoms with Crippen LogP contribution in [0.5, 0.6) is 5.75 Å². The van der Waals surface area contributed by atoms with Gasteiger partial charge in [-0.1, -0.05) is 30.3 Å². The first-order chi connectivity index (χ1) is 10.4. The summed E-state index contributed by atoms with van der Waals surface area (Å²) in [5, 5.41) is 11.9. The summed E-state index contributed by atoms with van der Waals surface area (Å²) >= 11 is 0. The fourth-order valence-electron chi connectivity index (χ4n) is 1.79. The molecule has 1 aromatic carbocycles. The first-order valence-electron chi connectivity index (χ1n) is 6.91. The third-order valence-electron chi connectivity index (χ3n) is 2.67. The smallest absolute Gasteiger partial charge is 0.406 e. The van der Waals surface area contributed by atoms with E-state index in [2.05, 4.69) is 15.3 Å². The Morgan fingerprint density at radius 2 is 1.95 bits per heavy atom. The molecule has 22 heavy (non-hydrogen) atoms. The molecule has 2 rings (SSSR count). The number of aromatic nitrogens is 2. The van der Waals surface area contributed by atoms with Gasteiger partial charge in [-0.3, -0.25) is 0 Å². The van der Waals surface area contributed by atoms with Crippen LogP contribution in [0.1, 0.15) is 26.6 Å². The number of nitrogens with one attached hydrogen (secondary N) is 1. The van der Waals surface area contributed by atoms with Crippen LogP contribution >= 0.6 is 0 Å². The largest absolute Gasteiger partial charge is 0.413 e. The number of ether oxygens (including phenoxy) is 1. The fourth-order valence-corrected chi connectivity index (χ4v) is 1.79. The van der Waals surface area contributed by atoms with E-state index in [1.807, 2.05) is 51.1 Å². The van der Waals surface area contributed by atoms with E-state index in [1.165, 1.54) is 6.20 Å². The van der Waals surface area contributed by atoms with Crippen LogP contribution in [0.4, 0.5) is 4.79 Å². The van der Waals surface area contributed by atoms with E-state index < -0.39 is 11.6 Å². The SMILES string of the molecule is CC(C)(C)NC(=O)Oc1cnc(CO)nc1-c1ccccc1. The molecule has 0 radical (unpaired) electrons. The Balaban J connectivity index is 2.33. The number of benzene rings is 1. The molecule has 2 aromatic rings. The minimum atomic E-state index is -0.579. The molecule has 0 unspecified atom stereocenters. The van der Waals surface area contributed by atoms with Crippen molar-refractivity contribution in [3.05, 3.63) is 42.4 Å². The monoisotopic (exact) mass is 301 g/mol. The highest BCUT2D eigenvalue weighted by Gasteiger charge is 2.18. The number of aliphatic hydroxyl groups excluding tert-OH is 1. The normalized spacial score (nSPS) is 11.1. The van der Waals surface area contributed by atoms with Crippen LogP contribution in [-0.2, 0) is 6.61 Å². The molecule has 0 aliphatic heterocycles. The lowest BCUT2D eigenvalue weighted by Crippen LogP contribution is -2.42. The zero-order chi connectivity index (χ0) is 16.2. The standard InChI is InChI=1S/C16H19N3O3/c1-16(2,3)19-15(21)22-12-9-17-13(10-20)18-14(12)11-7-5-4-6-8-11/h4-9,20H,10H2,1-3H3,(H,19,21). The molecule has 0 aliphatic rings. The summed E-state index contributed by atoms with van der Waals surface area (Å²) in [6, 6.07) is 9.28. The van der Waals surface area contributed by atoms with Gasteiger partial charge in [-0.25, -0.2) is 14.8 Å². The first kappa shape index (κ1) is 15.9. The van der Waals surface area contributed by atoms with E-state index >= 15 is 0 Å². The van der Waals surface area contributed by atoms with Crippen LogP contribution in [0.25, 0.3) is 11.3 Å². The summed E-state index contributed by atoms with van der Waals surface area (Å²) in [7, 11) is 0. The van der Waals surface area contributed by atoms with Crippen LogP contribution in [0.15, 0.2) is 36.5 Å². The summed E-state index contributed by atoms with van der Waals surface area (Å²) in [6.07, 6.45) is 0.813. The van der Waals surface area contributed by atoms with Gasteiger partial charge in [0.15, 0.2) is 11.6 Å². The first-order valence-corrected chi connectivity index (χ1v) is 6.91. The van der Waals surface area contributed by atoms with Crippen molar-refractivity contribution in [1.29, 1.82) is 0 Å². The second-order valence-electron chi connectivity index (χ2n) is 5.79. The van der Waals surface area contributed by atoms with Gasteiger partial charge in [0, 0.05) is 11.1 Å². The summed E-state index contributed by atoms with van der Waals surface area (Å²) in [5.74, 6) is 0.507. The van der Waals surface area contributed by atoms with Crippen molar-refractivity contribution in [3.63, 3.8) is 0 Å². The van der Waals surface area contributed by atoms with Crippen LogP contribution in [0.3, 0.4) is 0 Å². The summed E-state index contributed by atoms with van der Waals surface area (Å²) < 4.78 is 5.32. The third-order valence-corrected chi connectivity index (χ3v) is 2.67. The maximum atomic E-state index is 11.9. The number of nitrogens with zero attached hydrogens (tertiary/aromatic N) is 2. The Hall–Kier alpha value is -2.47. The highest BCUT2D eigenvalue weighted by atomic mass is 16.6. The van der Waals surface area contributed by atoms with Crippen molar-refractivity contribution in [3.8, 4) is 17.0 Å². The Morgan fingerprint density at radius 1 is 1.27 bits per heavy atom. The maximum absolute atomic E-state index is 11.9. The van der Waals surface area contributed by atoms with E-state index in [4.69, 9.17) is 4.74 Å². The van der Waals surface area contributed by atoms with Crippen molar-refractivity contribution in [1.82, 2.24) is 15.3 Å². The summed E-state index contributed by atoms with van der Waals surface area (Å²) in [4.78, 5) is 20.1. The number of carbonyl (C=O) groups is 1. The minimum absolute atomic E-state index is 0.241. The predicted molar refractivity (Wildman–Crippen MR) is 82.3 cm³/mol. The molecule has 0 bridgehead atoms. The number of aliphatic hydroxyl groups is 1. The Morgan fingerprint density at radius 3 is 2.55 bits per heavy atom. The highest BCUT2D eigenvalue weighted by molar-refractivity contribution is 5.75. The molecule has 6 heteroatoms. The van der Waals surface area contributed by atoms with E-state index in [0.29, 0.717) is 5.69 Å². The molecule has 1 aromatic heterocycles. The van der Waals surface area contributed by atoms with Crippen LogP contribution in [-0.4, -0.2) is 26.7 Å². The van der Waals surface area contributed by atoms with Gasteiger partial charge in [-0.2, -0.15) is 0 Å². The number of hydrogen-bond donors (Lipinski definition) is 2. The van der Waals surface area contributed by atoms with Crippen molar-refractivity contribution in [2.45, 2.75) is 32.9 Å². The molecule has 1 heterocycles. The number of carbonyl (C=O) groups excluding carboxylic acids is 1. The van der Waals surface area contributed by atoms with Gasteiger partial charge in [0.05, 0.1) is 6.20 Å². The highest BCUT2D eigenvalue weighted by Crippen LogP contribution is 2.27. The summed E-state index contributed by atoms with van der Waals surface area (Å²) in [6.45, 7) is 5.29. The molecule has 0 saturated carbocycles. The number of hydrogen-bond acceptors (Lipinski definition) is 5.